The Morgan fingerprint density at radius 1 is 1.14 bits per heavy atom. The lowest BCUT2D eigenvalue weighted by atomic mass is 9.99. The van der Waals surface area contributed by atoms with Gasteiger partial charge in [0.05, 0.1) is 6.54 Å². The van der Waals surface area contributed by atoms with Crippen molar-refractivity contribution in [1.82, 2.24) is 9.55 Å². The van der Waals surface area contributed by atoms with Crippen molar-refractivity contribution in [2.45, 2.75) is 47.1 Å². The monoisotopic (exact) mass is 304 g/mol. The van der Waals surface area contributed by atoms with Crippen molar-refractivity contribution in [3.8, 4) is 0 Å². The van der Waals surface area contributed by atoms with Crippen molar-refractivity contribution < 1.29 is 0 Å². The molecule has 2 rings (SSSR count). The van der Waals surface area contributed by atoms with Crippen LogP contribution in [0.4, 0.5) is 0 Å². The lowest BCUT2D eigenvalue weighted by molar-refractivity contribution is 0.622. The molecule has 0 amide bonds. The Hall–Kier alpha value is -1.61. The predicted octanol–water partition coefficient (Wildman–Crippen LogP) is 3.99. The predicted molar refractivity (Wildman–Crippen MR) is 87.4 cm³/mol. The Labute approximate surface area is 130 Å². The van der Waals surface area contributed by atoms with E-state index in [9.17, 15) is 4.79 Å². The smallest absolute Gasteiger partial charge is 0.255 e. The molecule has 0 spiro atoms. The number of aromatic nitrogens is 2. The van der Waals surface area contributed by atoms with Gasteiger partial charge in [0, 0.05) is 12.0 Å². The number of rotatable bonds is 3. The van der Waals surface area contributed by atoms with Crippen molar-refractivity contribution in [2.24, 2.45) is 0 Å². The van der Waals surface area contributed by atoms with Gasteiger partial charge in [0.25, 0.3) is 5.56 Å². The topological polar surface area (TPSA) is 34.9 Å². The first-order valence-electron chi connectivity index (χ1n) is 7.13. The van der Waals surface area contributed by atoms with Crippen LogP contribution in [-0.2, 0) is 6.54 Å². The van der Waals surface area contributed by atoms with Gasteiger partial charge < -0.3 is 0 Å². The summed E-state index contributed by atoms with van der Waals surface area (Å²) in [4.78, 5) is 16.6. The zero-order valence-electron chi connectivity index (χ0n) is 13.2. The van der Waals surface area contributed by atoms with Crippen LogP contribution in [0.15, 0.2) is 23.0 Å². The molecule has 3 nitrogen and oxygen atoms in total. The highest BCUT2D eigenvalue weighted by atomic mass is 35.5. The highest BCUT2D eigenvalue weighted by Crippen LogP contribution is 2.20. The molecule has 1 heterocycles. The minimum Gasteiger partial charge on any atom is -0.292 e. The summed E-state index contributed by atoms with van der Waals surface area (Å²) in [5.74, 6) is 0.870. The van der Waals surface area contributed by atoms with Crippen LogP contribution in [0.2, 0.25) is 5.15 Å². The summed E-state index contributed by atoms with van der Waals surface area (Å²) in [6, 6.07) is 5.67. The quantitative estimate of drug-likeness (QED) is 0.804. The third-order valence-corrected chi connectivity index (χ3v) is 3.87. The molecule has 0 aliphatic rings. The molecule has 0 N–H and O–H groups in total. The van der Waals surface area contributed by atoms with E-state index in [4.69, 9.17) is 11.6 Å². The summed E-state index contributed by atoms with van der Waals surface area (Å²) in [6.45, 7) is 10.8. The largest absolute Gasteiger partial charge is 0.292 e. The molecule has 0 saturated heterocycles. The van der Waals surface area contributed by atoms with Gasteiger partial charge in [0.2, 0.25) is 0 Å². The Balaban J connectivity index is 2.57. The highest BCUT2D eigenvalue weighted by Gasteiger charge is 2.14. The number of hydrogen-bond acceptors (Lipinski definition) is 2. The standard InChI is InChI=1S/C17H21ClN2O/c1-10(2)17-19-15(18)8-16(21)20(17)9-14-12(4)6-11(3)7-13(14)5/h6-8,10H,9H2,1-5H3. The van der Waals surface area contributed by atoms with Gasteiger partial charge in [0.15, 0.2) is 0 Å². The van der Waals surface area contributed by atoms with Crippen molar-refractivity contribution in [3.05, 3.63) is 61.8 Å². The number of hydrogen-bond donors (Lipinski definition) is 0. The van der Waals surface area contributed by atoms with Crippen LogP contribution in [-0.4, -0.2) is 9.55 Å². The minimum absolute atomic E-state index is 0.0990. The summed E-state index contributed by atoms with van der Waals surface area (Å²) in [5, 5.41) is 0.261. The van der Waals surface area contributed by atoms with Crippen LogP contribution < -0.4 is 5.56 Å². The first kappa shape index (κ1) is 15.8. The van der Waals surface area contributed by atoms with Crippen LogP contribution in [0.1, 0.15) is 47.8 Å². The molecule has 0 atom stereocenters. The maximum Gasteiger partial charge on any atom is 0.255 e. The van der Waals surface area contributed by atoms with Gasteiger partial charge in [-0.05, 0) is 37.5 Å². The molecule has 0 bridgehead atoms. The number of benzene rings is 1. The first-order chi connectivity index (χ1) is 9.79. The Kier molecular flexibility index (Phi) is 4.52. The molecule has 21 heavy (non-hydrogen) atoms. The molecule has 1 aromatic carbocycles. The van der Waals surface area contributed by atoms with Gasteiger partial charge in [-0.2, -0.15) is 0 Å². The first-order valence-corrected chi connectivity index (χ1v) is 7.51. The van der Waals surface area contributed by atoms with Crippen LogP contribution in [0, 0.1) is 20.8 Å². The molecule has 0 saturated carbocycles. The van der Waals surface area contributed by atoms with Gasteiger partial charge in [-0.25, -0.2) is 4.98 Å². The van der Waals surface area contributed by atoms with E-state index < -0.39 is 0 Å². The normalized spacial score (nSPS) is 11.2. The average Bonchev–Trinajstić information content (AvgIpc) is 2.34. The molecule has 0 radical (unpaired) electrons. The molecule has 112 valence electrons. The van der Waals surface area contributed by atoms with Crippen LogP contribution >= 0.6 is 11.6 Å². The second-order valence-corrected chi connectivity index (χ2v) is 6.28. The molecular weight excluding hydrogens is 284 g/mol. The molecule has 4 heteroatoms. The molecule has 0 aliphatic carbocycles. The molecule has 0 fully saturated rings. The lowest BCUT2D eigenvalue weighted by Crippen LogP contribution is -2.26. The van der Waals surface area contributed by atoms with Crippen LogP contribution in [0.5, 0.6) is 0 Å². The van der Waals surface area contributed by atoms with Gasteiger partial charge in [-0.1, -0.05) is 43.1 Å². The summed E-state index contributed by atoms with van der Waals surface area (Å²) >= 11 is 5.93. The lowest BCUT2D eigenvalue weighted by Gasteiger charge is -2.17. The number of halogens is 1. The maximum absolute atomic E-state index is 12.3. The summed E-state index contributed by atoms with van der Waals surface area (Å²) in [6.07, 6.45) is 0. The van der Waals surface area contributed by atoms with E-state index in [2.05, 4.69) is 37.9 Å². The Morgan fingerprint density at radius 2 is 1.71 bits per heavy atom. The maximum atomic E-state index is 12.3. The fraction of sp³-hybridized carbons (Fsp3) is 0.412. The highest BCUT2D eigenvalue weighted by molar-refractivity contribution is 6.29. The van der Waals surface area contributed by atoms with Gasteiger partial charge in [-0.3, -0.25) is 9.36 Å². The molecule has 0 unspecified atom stereocenters. The SMILES string of the molecule is Cc1cc(C)c(Cn2c(C(C)C)nc(Cl)cc2=O)c(C)c1. The van der Waals surface area contributed by atoms with E-state index in [0.717, 1.165) is 5.82 Å². The zero-order valence-corrected chi connectivity index (χ0v) is 14.0. The second-order valence-electron chi connectivity index (χ2n) is 5.89. The van der Waals surface area contributed by atoms with Crippen molar-refractivity contribution in [2.75, 3.05) is 0 Å². The van der Waals surface area contributed by atoms with Gasteiger partial charge in [0.1, 0.15) is 11.0 Å². The van der Waals surface area contributed by atoms with E-state index in [1.165, 1.54) is 28.3 Å². The van der Waals surface area contributed by atoms with Gasteiger partial charge >= 0.3 is 0 Å². The van der Waals surface area contributed by atoms with E-state index in [1.807, 2.05) is 13.8 Å². The molecule has 0 aliphatic heterocycles. The van der Waals surface area contributed by atoms with E-state index in [0.29, 0.717) is 6.54 Å². The Bertz CT molecular complexity index is 709. The third-order valence-electron chi connectivity index (χ3n) is 3.68. The van der Waals surface area contributed by atoms with Crippen LogP contribution in [0.25, 0.3) is 0 Å². The van der Waals surface area contributed by atoms with Crippen molar-refractivity contribution in [3.63, 3.8) is 0 Å². The average molecular weight is 305 g/mol. The van der Waals surface area contributed by atoms with E-state index in [-0.39, 0.29) is 16.6 Å². The summed E-state index contributed by atoms with van der Waals surface area (Å²) in [5.41, 5.74) is 4.71. The number of nitrogens with zero attached hydrogens (tertiary/aromatic N) is 2. The summed E-state index contributed by atoms with van der Waals surface area (Å²) < 4.78 is 1.72. The van der Waals surface area contributed by atoms with Crippen molar-refractivity contribution >= 4 is 11.6 Å². The van der Waals surface area contributed by atoms with Crippen LogP contribution in [0.3, 0.4) is 0 Å². The number of aryl methyl sites for hydroxylation is 3. The third kappa shape index (κ3) is 3.35. The molecular formula is C17H21ClN2O. The zero-order chi connectivity index (χ0) is 15.7. The van der Waals surface area contributed by atoms with E-state index >= 15 is 0 Å². The summed E-state index contributed by atoms with van der Waals surface area (Å²) in [7, 11) is 0. The fourth-order valence-electron chi connectivity index (χ4n) is 2.71. The van der Waals surface area contributed by atoms with Gasteiger partial charge in [-0.15, -0.1) is 0 Å². The Morgan fingerprint density at radius 3 is 2.24 bits per heavy atom. The van der Waals surface area contributed by atoms with E-state index in [1.54, 1.807) is 4.57 Å². The molecule has 1 aromatic heterocycles. The molecule has 2 aromatic rings. The fourth-order valence-corrected chi connectivity index (χ4v) is 2.89. The minimum atomic E-state index is -0.0990. The van der Waals surface area contributed by atoms with Crippen molar-refractivity contribution in [1.29, 1.82) is 0 Å². The second kappa shape index (κ2) is 6.02.